The van der Waals surface area contributed by atoms with Crippen LogP contribution >= 0.6 is 0 Å². The second-order valence-corrected chi connectivity index (χ2v) is 4.46. The van der Waals surface area contributed by atoms with Gasteiger partial charge in [0.15, 0.2) is 0 Å². The largest absolute Gasteiger partial charge is 0.463 e. The van der Waals surface area contributed by atoms with Gasteiger partial charge in [-0.1, -0.05) is 72.8 Å². The first-order valence-electron chi connectivity index (χ1n) is 6.96. The number of hydrogen-bond acceptors (Lipinski definition) is 2. The van der Waals surface area contributed by atoms with E-state index in [0.29, 0.717) is 6.61 Å². The van der Waals surface area contributed by atoms with Crippen molar-refractivity contribution in [2.45, 2.75) is 6.92 Å². The standard InChI is InChI=1S/C19H18O2/c1-2-21-19(20)11-7-6-8-16-12-14-18(15-13-16)17-9-4-3-5-10-17/h3-15H,2H2,1H3/b8-6+,11-7+. The fourth-order valence-electron chi connectivity index (χ4n) is 1.91. The van der Waals surface area contributed by atoms with E-state index in [-0.39, 0.29) is 5.97 Å². The van der Waals surface area contributed by atoms with Crippen molar-refractivity contribution in [3.8, 4) is 11.1 Å². The molecule has 0 N–H and O–H groups in total. The Balaban J connectivity index is 1.98. The monoisotopic (exact) mass is 278 g/mol. The van der Waals surface area contributed by atoms with Gasteiger partial charge in [0.1, 0.15) is 0 Å². The SMILES string of the molecule is CCOC(=O)/C=C/C=C/c1ccc(-c2ccccc2)cc1. The van der Waals surface area contributed by atoms with Gasteiger partial charge in [-0.3, -0.25) is 0 Å². The highest BCUT2D eigenvalue weighted by atomic mass is 16.5. The number of rotatable bonds is 5. The van der Waals surface area contributed by atoms with Crippen LogP contribution in [0.5, 0.6) is 0 Å². The molecule has 106 valence electrons. The summed E-state index contributed by atoms with van der Waals surface area (Å²) in [6.45, 7) is 2.18. The fraction of sp³-hybridized carbons (Fsp3) is 0.105. The van der Waals surface area contributed by atoms with Crippen LogP contribution < -0.4 is 0 Å². The summed E-state index contributed by atoms with van der Waals surface area (Å²) in [6.07, 6.45) is 6.88. The number of carbonyl (C=O) groups is 1. The molecule has 0 aliphatic carbocycles. The smallest absolute Gasteiger partial charge is 0.330 e. The summed E-state index contributed by atoms with van der Waals surface area (Å²) in [5, 5.41) is 0. The zero-order chi connectivity index (χ0) is 14.9. The second-order valence-electron chi connectivity index (χ2n) is 4.46. The minimum atomic E-state index is -0.318. The van der Waals surface area contributed by atoms with Crippen LogP contribution in [-0.4, -0.2) is 12.6 Å². The van der Waals surface area contributed by atoms with Gasteiger partial charge in [0, 0.05) is 6.08 Å². The minimum Gasteiger partial charge on any atom is -0.463 e. The average Bonchev–Trinajstić information content (AvgIpc) is 2.53. The second kappa shape index (κ2) is 7.85. The molecule has 0 heterocycles. The van der Waals surface area contributed by atoms with Gasteiger partial charge in [0.05, 0.1) is 6.61 Å². The fourth-order valence-corrected chi connectivity index (χ4v) is 1.91. The Morgan fingerprint density at radius 2 is 1.62 bits per heavy atom. The van der Waals surface area contributed by atoms with Gasteiger partial charge in [-0.2, -0.15) is 0 Å². The van der Waals surface area contributed by atoms with Gasteiger partial charge in [-0.05, 0) is 23.6 Å². The number of allylic oxidation sites excluding steroid dienone is 2. The first-order valence-corrected chi connectivity index (χ1v) is 6.96. The van der Waals surface area contributed by atoms with E-state index < -0.39 is 0 Å². The molecule has 0 aliphatic rings. The normalized spacial score (nSPS) is 11.1. The van der Waals surface area contributed by atoms with Gasteiger partial charge in [0.2, 0.25) is 0 Å². The molecular formula is C19H18O2. The molecule has 2 aromatic rings. The molecular weight excluding hydrogens is 260 g/mol. The molecule has 0 saturated heterocycles. The molecule has 2 nitrogen and oxygen atoms in total. The topological polar surface area (TPSA) is 26.3 Å². The molecule has 0 unspecified atom stereocenters. The quantitative estimate of drug-likeness (QED) is 0.458. The Morgan fingerprint density at radius 3 is 2.29 bits per heavy atom. The molecule has 0 fully saturated rings. The van der Waals surface area contributed by atoms with E-state index in [1.165, 1.54) is 17.2 Å². The maximum absolute atomic E-state index is 11.1. The Hall–Kier alpha value is -2.61. The molecule has 0 saturated carbocycles. The Labute approximate surface area is 125 Å². The first-order chi connectivity index (χ1) is 10.3. The summed E-state index contributed by atoms with van der Waals surface area (Å²) in [5.41, 5.74) is 3.48. The van der Waals surface area contributed by atoms with E-state index in [1.54, 1.807) is 13.0 Å². The molecule has 0 atom stereocenters. The lowest BCUT2D eigenvalue weighted by molar-refractivity contribution is -0.137. The number of esters is 1. The number of carbonyl (C=O) groups excluding carboxylic acids is 1. The van der Waals surface area contributed by atoms with E-state index in [1.807, 2.05) is 30.4 Å². The zero-order valence-electron chi connectivity index (χ0n) is 12.0. The van der Waals surface area contributed by atoms with Gasteiger partial charge >= 0.3 is 5.97 Å². The van der Waals surface area contributed by atoms with Crippen molar-refractivity contribution in [3.05, 3.63) is 78.4 Å². The van der Waals surface area contributed by atoms with Crippen LogP contribution in [0.3, 0.4) is 0 Å². The molecule has 0 amide bonds. The summed E-state index contributed by atoms with van der Waals surface area (Å²) in [6, 6.07) is 18.5. The Bertz CT molecular complexity index is 622. The molecule has 2 rings (SSSR count). The number of ether oxygens (including phenoxy) is 1. The minimum absolute atomic E-state index is 0.318. The highest BCUT2D eigenvalue weighted by molar-refractivity contribution is 5.82. The van der Waals surface area contributed by atoms with Gasteiger partial charge in [-0.15, -0.1) is 0 Å². The molecule has 2 heteroatoms. The van der Waals surface area contributed by atoms with E-state index >= 15 is 0 Å². The van der Waals surface area contributed by atoms with Crippen LogP contribution in [0.1, 0.15) is 12.5 Å². The van der Waals surface area contributed by atoms with Crippen LogP contribution in [0.25, 0.3) is 17.2 Å². The predicted octanol–water partition coefficient (Wildman–Crippen LogP) is 4.49. The van der Waals surface area contributed by atoms with Crippen molar-refractivity contribution >= 4 is 12.0 Å². The van der Waals surface area contributed by atoms with Gasteiger partial charge in [0.25, 0.3) is 0 Å². The zero-order valence-corrected chi connectivity index (χ0v) is 12.0. The molecule has 0 bridgehead atoms. The van der Waals surface area contributed by atoms with Crippen molar-refractivity contribution in [3.63, 3.8) is 0 Å². The van der Waals surface area contributed by atoms with Crippen LogP contribution in [0, 0.1) is 0 Å². The number of benzene rings is 2. The lowest BCUT2D eigenvalue weighted by Crippen LogP contribution is -1.98. The third kappa shape index (κ3) is 4.77. The van der Waals surface area contributed by atoms with E-state index in [9.17, 15) is 4.79 Å². The third-order valence-electron chi connectivity index (χ3n) is 2.94. The van der Waals surface area contributed by atoms with E-state index in [4.69, 9.17) is 4.74 Å². The van der Waals surface area contributed by atoms with Crippen LogP contribution in [0.4, 0.5) is 0 Å². The van der Waals surface area contributed by atoms with E-state index in [0.717, 1.165) is 5.56 Å². The summed E-state index contributed by atoms with van der Waals surface area (Å²) < 4.78 is 4.80. The van der Waals surface area contributed by atoms with Crippen molar-refractivity contribution in [2.75, 3.05) is 6.61 Å². The van der Waals surface area contributed by atoms with Crippen LogP contribution in [0.2, 0.25) is 0 Å². The number of hydrogen-bond donors (Lipinski definition) is 0. The molecule has 0 aliphatic heterocycles. The van der Waals surface area contributed by atoms with Crippen LogP contribution in [0.15, 0.2) is 72.8 Å². The molecule has 0 aromatic heterocycles. The molecule has 0 radical (unpaired) electrons. The third-order valence-corrected chi connectivity index (χ3v) is 2.94. The predicted molar refractivity (Wildman–Crippen MR) is 86.7 cm³/mol. The van der Waals surface area contributed by atoms with Crippen molar-refractivity contribution in [1.82, 2.24) is 0 Å². The van der Waals surface area contributed by atoms with Crippen molar-refractivity contribution < 1.29 is 9.53 Å². The van der Waals surface area contributed by atoms with E-state index in [2.05, 4.69) is 36.4 Å². The lowest BCUT2D eigenvalue weighted by atomic mass is 10.0. The maximum atomic E-state index is 11.1. The Morgan fingerprint density at radius 1 is 0.952 bits per heavy atom. The summed E-state index contributed by atoms with van der Waals surface area (Å²) in [4.78, 5) is 11.1. The highest BCUT2D eigenvalue weighted by Gasteiger charge is 1.95. The van der Waals surface area contributed by atoms with Crippen molar-refractivity contribution in [1.29, 1.82) is 0 Å². The molecule has 0 spiro atoms. The summed E-state index contributed by atoms with van der Waals surface area (Å²) in [7, 11) is 0. The maximum Gasteiger partial charge on any atom is 0.330 e. The lowest BCUT2D eigenvalue weighted by Gasteiger charge is -2.01. The first kappa shape index (κ1) is 14.8. The average molecular weight is 278 g/mol. The summed E-state index contributed by atoms with van der Waals surface area (Å²) in [5.74, 6) is -0.318. The van der Waals surface area contributed by atoms with Crippen LogP contribution in [-0.2, 0) is 9.53 Å². The highest BCUT2D eigenvalue weighted by Crippen LogP contribution is 2.19. The van der Waals surface area contributed by atoms with Crippen molar-refractivity contribution in [2.24, 2.45) is 0 Å². The van der Waals surface area contributed by atoms with Gasteiger partial charge in [-0.25, -0.2) is 4.79 Å². The Kier molecular flexibility index (Phi) is 5.53. The molecule has 21 heavy (non-hydrogen) atoms. The molecule has 2 aromatic carbocycles. The summed E-state index contributed by atoms with van der Waals surface area (Å²) >= 11 is 0. The van der Waals surface area contributed by atoms with Gasteiger partial charge < -0.3 is 4.74 Å².